The van der Waals surface area contributed by atoms with Crippen molar-refractivity contribution in [1.29, 1.82) is 0 Å². The lowest BCUT2D eigenvalue weighted by Gasteiger charge is -2.18. The highest BCUT2D eigenvalue weighted by Gasteiger charge is 2.20. The normalized spacial score (nSPS) is 15.1. The van der Waals surface area contributed by atoms with E-state index < -0.39 is 0 Å². The standard InChI is InChI=1S/C10H15ClN4O/c1-15(5-4-12-7-2-3-7)9-8(11)10(16)14-6-13-9/h6-7,12H,2-5H2,1H3,(H,13,14,16). The van der Waals surface area contributed by atoms with Gasteiger partial charge in [-0.2, -0.15) is 0 Å². The summed E-state index contributed by atoms with van der Waals surface area (Å²) in [6.07, 6.45) is 3.91. The second-order valence-corrected chi connectivity index (χ2v) is 4.40. The van der Waals surface area contributed by atoms with Gasteiger partial charge >= 0.3 is 0 Å². The number of hydrogen-bond donors (Lipinski definition) is 2. The maximum Gasteiger partial charge on any atom is 0.271 e. The van der Waals surface area contributed by atoms with E-state index in [0.29, 0.717) is 11.9 Å². The highest BCUT2D eigenvalue weighted by Crippen LogP contribution is 2.19. The van der Waals surface area contributed by atoms with E-state index in [4.69, 9.17) is 11.6 Å². The van der Waals surface area contributed by atoms with Crippen LogP contribution in [-0.2, 0) is 0 Å². The maximum atomic E-state index is 11.3. The van der Waals surface area contributed by atoms with Crippen LogP contribution in [0, 0.1) is 0 Å². The minimum atomic E-state index is -0.298. The van der Waals surface area contributed by atoms with Crippen LogP contribution in [0.4, 0.5) is 5.82 Å². The van der Waals surface area contributed by atoms with Crippen molar-refractivity contribution in [1.82, 2.24) is 15.3 Å². The van der Waals surface area contributed by atoms with Crippen LogP contribution in [0.5, 0.6) is 0 Å². The monoisotopic (exact) mass is 242 g/mol. The molecule has 0 bridgehead atoms. The van der Waals surface area contributed by atoms with Gasteiger partial charge in [0.2, 0.25) is 0 Å². The zero-order valence-electron chi connectivity index (χ0n) is 9.16. The number of hydrogen-bond acceptors (Lipinski definition) is 4. The van der Waals surface area contributed by atoms with Crippen molar-refractivity contribution in [2.45, 2.75) is 18.9 Å². The molecule has 88 valence electrons. The summed E-state index contributed by atoms with van der Waals surface area (Å²) >= 11 is 5.87. The number of H-pyrrole nitrogens is 1. The van der Waals surface area contributed by atoms with Gasteiger partial charge in [0.05, 0.1) is 6.33 Å². The first kappa shape index (κ1) is 11.4. The van der Waals surface area contributed by atoms with Crippen LogP contribution >= 0.6 is 11.6 Å². The quantitative estimate of drug-likeness (QED) is 0.795. The molecule has 1 aliphatic rings. The molecular formula is C10H15ClN4O. The Labute approximate surface area is 98.8 Å². The molecule has 1 heterocycles. The van der Waals surface area contributed by atoms with Gasteiger partial charge in [0.1, 0.15) is 5.02 Å². The third-order valence-electron chi connectivity index (χ3n) is 2.60. The Kier molecular flexibility index (Phi) is 3.46. The summed E-state index contributed by atoms with van der Waals surface area (Å²) in [5.41, 5.74) is -0.298. The average Bonchev–Trinajstić information content (AvgIpc) is 3.06. The first-order valence-electron chi connectivity index (χ1n) is 5.36. The fourth-order valence-electron chi connectivity index (χ4n) is 1.47. The van der Waals surface area contributed by atoms with Crippen LogP contribution in [0.1, 0.15) is 12.8 Å². The van der Waals surface area contributed by atoms with Gasteiger partial charge in [-0.1, -0.05) is 11.6 Å². The van der Waals surface area contributed by atoms with Crippen molar-refractivity contribution in [2.75, 3.05) is 25.0 Å². The number of nitrogens with zero attached hydrogens (tertiary/aromatic N) is 2. The zero-order valence-corrected chi connectivity index (χ0v) is 9.92. The number of aromatic nitrogens is 2. The Balaban J connectivity index is 1.93. The van der Waals surface area contributed by atoms with E-state index in [0.717, 1.165) is 13.1 Å². The smallest absolute Gasteiger partial charge is 0.271 e. The predicted octanol–water partition coefficient (Wildman–Crippen LogP) is 0.611. The van der Waals surface area contributed by atoms with Crippen LogP contribution in [-0.4, -0.2) is 36.1 Å². The van der Waals surface area contributed by atoms with Gasteiger partial charge in [-0.05, 0) is 12.8 Å². The molecule has 0 amide bonds. The highest BCUT2D eigenvalue weighted by atomic mass is 35.5. The molecule has 1 aliphatic carbocycles. The zero-order chi connectivity index (χ0) is 11.5. The van der Waals surface area contributed by atoms with Gasteiger partial charge in [0, 0.05) is 26.2 Å². The van der Waals surface area contributed by atoms with E-state index in [1.54, 1.807) is 0 Å². The van der Waals surface area contributed by atoms with E-state index >= 15 is 0 Å². The number of aromatic amines is 1. The molecule has 0 radical (unpaired) electrons. The van der Waals surface area contributed by atoms with Crippen molar-refractivity contribution >= 4 is 17.4 Å². The van der Waals surface area contributed by atoms with Crippen LogP contribution in [0.25, 0.3) is 0 Å². The largest absolute Gasteiger partial charge is 0.357 e. The second kappa shape index (κ2) is 4.84. The van der Waals surface area contributed by atoms with Gasteiger partial charge in [0.25, 0.3) is 5.56 Å². The van der Waals surface area contributed by atoms with Crippen molar-refractivity contribution in [3.05, 3.63) is 21.7 Å². The van der Waals surface area contributed by atoms with Gasteiger partial charge in [-0.3, -0.25) is 4.79 Å². The molecule has 5 nitrogen and oxygen atoms in total. The van der Waals surface area contributed by atoms with Crippen LogP contribution in [0.3, 0.4) is 0 Å². The molecule has 0 atom stereocenters. The second-order valence-electron chi connectivity index (χ2n) is 4.02. The summed E-state index contributed by atoms with van der Waals surface area (Å²) in [5.74, 6) is 0.531. The number of likely N-dealkylation sites (N-methyl/N-ethyl adjacent to an activating group) is 1. The van der Waals surface area contributed by atoms with Crippen molar-refractivity contribution in [3.8, 4) is 0 Å². The minimum absolute atomic E-state index is 0.149. The Hall–Kier alpha value is -1.07. The maximum absolute atomic E-state index is 11.3. The van der Waals surface area contributed by atoms with Crippen molar-refractivity contribution in [3.63, 3.8) is 0 Å². The van der Waals surface area contributed by atoms with E-state index in [1.807, 2.05) is 11.9 Å². The molecule has 1 saturated carbocycles. The molecule has 1 aromatic heterocycles. The van der Waals surface area contributed by atoms with Crippen LogP contribution < -0.4 is 15.8 Å². The Morgan fingerprint density at radius 3 is 3.12 bits per heavy atom. The summed E-state index contributed by atoms with van der Waals surface area (Å²) in [5, 5.41) is 3.54. The molecule has 1 aromatic rings. The minimum Gasteiger partial charge on any atom is -0.357 e. The lowest BCUT2D eigenvalue weighted by atomic mass is 10.4. The number of halogens is 1. The lowest BCUT2D eigenvalue weighted by molar-refractivity contribution is 0.672. The topological polar surface area (TPSA) is 61.0 Å². The van der Waals surface area contributed by atoms with Crippen LogP contribution in [0.15, 0.2) is 11.1 Å². The third kappa shape index (κ3) is 2.74. The molecule has 1 fully saturated rings. The van der Waals surface area contributed by atoms with Crippen molar-refractivity contribution < 1.29 is 0 Å². The van der Waals surface area contributed by atoms with E-state index in [-0.39, 0.29) is 10.6 Å². The molecule has 2 rings (SSSR count). The fraction of sp³-hybridized carbons (Fsp3) is 0.600. The molecule has 0 unspecified atom stereocenters. The first-order chi connectivity index (χ1) is 7.68. The van der Waals surface area contributed by atoms with Gasteiger partial charge in [-0.25, -0.2) is 4.98 Å². The molecule has 0 aliphatic heterocycles. The molecule has 0 spiro atoms. The molecule has 2 N–H and O–H groups in total. The lowest BCUT2D eigenvalue weighted by Crippen LogP contribution is -2.31. The Morgan fingerprint density at radius 1 is 1.69 bits per heavy atom. The highest BCUT2D eigenvalue weighted by molar-refractivity contribution is 6.32. The number of rotatable bonds is 5. The van der Waals surface area contributed by atoms with Gasteiger partial charge in [-0.15, -0.1) is 0 Å². The average molecular weight is 243 g/mol. The van der Waals surface area contributed by atoms with E-state index in [1.165, 1.54) is 19.2 Å². The molecule has 0 saturated heterocycles. The third-order valence-corrected chi connectivity index (χ3v) is 2.94. The SMILES string of the molecule is CN(CCNC1CC1)c1nc[nH]c(=O)c1Cl. The molecular weight excluding hydrogens is 228 g/mol. The molecule has 6 heteroatoms. The Morgan fingerprint density at radius 2 is 2.44 bits per heavy atom. The molecule has 0 aromatic carbocycles. The number of nitrogens with one attached hydrogen (secondary N) is 2. The van der Waals surface area contributed by atoms with Crippen LogP contribution in [0.2, 0.25) is 5.02 Å². The summed E-state index contributed by atoms with van der Waals surface area (Å²) < 4.78 is 0. The first-order valence-corrected chi connectivity index (χ1v) is 5.74. The molecule has 16 heavy (non-hydrogen) atoms. The van der Waals surface area contributed by atoms with Gasteiger partial charge < -0.3 is 15.2 Å². The number of anilines is 1. The predicted molar refractivity (Wildman–Crippen MR) is 64.2 cm³/mol. The van der Waals surface area contributed by atoms with Gasteiger partial charge in [0.15, 0.2) is 5.82 Å². The summed E-state index contributed by atoms with van der Waals surface area (Å²) in [6.45, 7) is 1.67. The van der Waals surface area contributed by atoms with E-state index in [9.17, 15) is 4.79 Å². The summed E-state index contributed by atoms with van der Waals surface area (Å²) in [6, 6.07) is 0.691. The van der Waals surface area contributed by atoms with E-state index in [2.05, 4.69) is 15.3 Å². The Bertz CT molecular complexity index is 416. The summed E-state index contributed by atoms with van der Waals surface area (Å²) in [7, 11) is 1.88. The van der Waals surface area contributed by atoms with Crippen molar-refractivity contribution in [2.24, 2.45) is 0 Å². The summed E-state index contributed by atoms with van der Waals surface area (Å²) in [4.78, 5) is 19.6. The fourth-order valence-corrected chi connectivity index (χ4v) is 1.72.